The van der Waals surface area contributed by atoms with Crippen molar-refractivity contribution in [3.63, 3.8) is 0 Å². The number of carbonyl (C=O) groups excluding carboxylic acids is 3. The molecule has 3 heterocycles. The molecule has 3 amide bonds. The van der Waals surface area contributed by atoms with E-state index < -0.39 is 36.2 Å². The van der Waals surface area contributed by atoms with E-state index in [2.05, 4.69) is 30.3 Å². The normalized spacial score (nSPS) is 12.3. The molecule has 0 saturated carbocycles. The van der Waals surface area contributed by atoms with Crippen LogP contribution in [0.3, 0.4) is 0 Å². The van der Waals surface area contributed by atoms with Crippen molar-refractivity contribution in [3.8, 4) is 0 Å². The number of allylic oxidation sites excluding steroid dienone is 1. The SMILES string of the molecule is COC(=O)NC(CC/C=C/C(=O)N(C)C)C(=O)Nc1cccn(Cc2cc3ncnc(CCC(F)(F)F)c3[nH]2)c1=O. The van der Waals surface area contributed by atoms with E-state index in [1.165, 1.54) is 40.2 Å². The van der Waals surface area contributed by atoms with E-state index in [1.807, 2.05) is 0 Å². The molecule has 0 aliphatic heterocycles. The van der Waals surface area contributed by atoms with Gasteiger partial charge < -0.3 is 29.8 Å². The second-order valence-electron chi connectivity index (χ2n) is 9.24. The van der Waals surface area contributed by atoms with Gasteiger partial charge >= 0.3 is 12.3 Å². The minimum absolute atomic E-state index is 0.00610. The summed E-state index contributed by atoms with van der Waals surface area (Å²) in [7, 11) is 4.33. The topological polar surface area (TPSA) is 151 Å². The molecule has 0 bridgehead atoms. The van der Waals surface area contributed by atoms with Crippen molar-refractivity contribution in [3.05, 3.63) is 64.6 Å². The molecule has 0 aliphatic rings. The van der Waals surface area contributed by atoms with Gasteiger partial charge in [-0.2, -0.15) is 13.2 Å². The fourth-order valence-electron chi connectivity index (χ4n) is 3.81. The summed E-state index contributed by atoms with van der Waals surface area (Å²) in [5, 5.41) is 4.93. The number of aromatic nitrogens is 4. The molecule has 3 aromatic rings. The fourth-order valence-corrected chi connectivity index (χ4v) is 3.81. The van der Waals surface area contributed by atoms with Gasteiger partial charge in [0.05, 0.1) is 30.4 Å². The highest BCUT2D eigenvalue weighted by Crippen LogP contribution is 2.24. The third kappa shape index (κ3) is 8.91. The Morgan fingerprint density at radius 2 is 2.00 bits per heavy atom. The van der Waals surface area contributed by atoms with Gasteiger partial charge in [-0.15, -0.1) is 0 Å². The zero-order valence-electron chi connectivity index (χ0n) is 22.6. The Bertz CT molecular complexity index is 1480. The maximum absolute atomic E-state index is 13.1. The van der Waals surface area contributed by atoms with Crippen LogP contribution in [0.4, 0.5) is 23.7 Å². The number of nitrogens with zero attached hydrogens (tertiary/aromatic N) is 4. The number of hydrogen-bond donors (Lipinski definition) is 3. The van der Waals surface area contributed by atoms with Crippen molar-refractivity contribution in [2.45, 2.75) is 44.4 Å². The Morgan fingerprint density at radius 3 is 2.68 bits per heavy atom. The molecule has 0 aromatic carbocycles. The van der Waals surface area contributed by atoms with Gasteiger partial charge in [0.1, 0.15) is 18.1 Å². The highest BCUT2D eigenvalue weighted by molar-refractivity contribution is 5.96. The van der Waals surface area contributed by atoms with Crippen LogP contribution >= 0.6 is 0 Å². The lowest BCUT2D eigenvalue weighted by Gasteiger charge is -2.17. The molecular formula is C26H30F3N7O5. The number of halogens is 3. The van der Waals surface area contributed by atoms with Crippen LogP contribution in [0.1, 0.15) is 30.7 Å². The van der Waals surface area contributed by atoms with Gasteiger partial charge in [0, 0.05) is 38.8 Å². The quantitative estimate of drug-likeness (QED) is 0.297. The van der Waals surface area contributed by atoms with Crippen molar-refractivity contribution in [2.75, 3.05) is 26.5 Å². The van der Waals surface area contributed by atoms with Crippen molar-refractivity contribution in [2.24, 2.45) is 0 Å². The number of anilines is 1. The molecule has 1 atom stereocenters. The number of nitrogens with one attached hydrogen (secondary N) is 3. The molecule has 0 saturated heterocycles. The lowest BCUT2D eigenvalue weighted by atomic mass is 10.1. The average Bonchev–Trinajstić information content (AvgIpc) is 3.33. The lowest BCUT2D eigenvalue weighted by molar-refractivity contribution is -0.134. The number of fused-ring (bicyclic) bond motifs is 1. The van der Waals surface area contributed by atoms with E-state index in [9.17, 15) is 32.3 Å². The molecule has 3 rings (SSSR count). The van der Waals surface area contributed by atoms with Gasteiger partial charge in [-0.25, -0.2) is 14.8 Å². The smallest absolute Gasteiger partial charge is 0.407 e. The van der Waals surface area contributed by atoms with E-state index in [-0.39, 0.29) is 43.1 Å². The summed E-state index contributed by atoms with van der Waals surface area (Å²) >= 11 is 0. The summed E-state index contributed by atoms with van der Waals surface area (Å²) in [6, 6.07) is 3.47. The van der Waals surface area contributed by atoms with Gasteiger partial charge in [0.15, 0.2) is 0 Å². The first-order valence-electron chi connectivity index (χ1n) is 12.5. The highest BCUT2D eigenvalue weighted by Gasteiger charge is 2.27. The van der Waals surface area contributed by atoms with Crippen molar-refractivity contribution >= 4 is 34.6 Å². The van der Waals surface area contributed by atoms with Gasteiger partial charge in [-0.3, -0.25) is 14.4 Å². The van der Waals surface area contributed by atoms with E-state index in [0.717, 1.165) is 7.11 Å². The van der Waals surface area contributed by atoms with Gasteiger partial charge in [0.25, 0.3) is 5.56 Å². The standard InChI is InChI=1S/C26H30F3N7O5/c1-35(2)21(37)9-5-4-7-18(34-25(40)41-3)23(38)33-19-8-6-12-36(24(19)39)14-16-13-20-22(32-16)17(30-15-31-20)10-11-26(27,28)29/h5-6,8-9,12-13,15,18,32H,4,7,10-11,14H2,1-3H3,(H,33,38)(H,34,40)/b9-5+. The first kappa shape index (κ1) is 30.8. The highest BCUT2D eigenvalue weighted by atomic mass is 19.4. The molecule has 1 unspecified atom stereocenters. The zero-order valence-corrected chi connectivity index (χ0v) is 22.6. The van der Waals surface area contributed by atoms with Crippen LogP contribution in [-0.2, 0) is 27.3 Å². The molecule has 0 radical (unpaired) electrons. The van der Waals surface area contributed by atoms with Crippen molar-refractivity contribution in [1.29, 1.82) is 0 Å². The summed E-state index contributed by atoms with van der Waals surface area (Å²) in [5.74, 6) is -0.913. The Labute approximate surface area is 232 Å². The number of aryl methyl sites for hydroxylation is 1. The van der Waals surface area contributed by atoms with Gasteiger partial charge in [-0.1, -0.05) is 6.08 Å². The molecule has 12 nitrogen and oxygen atoms in total. The Balaban J connectivity index is 1.75. The number of alkyl carbamates (subject to hydrolysis) is 1. The molecule has 15 heteroatoms. The minimum atomic E-state index is -4.34. The zero-order chi connectivity index (χ0) is 30.2. The van der Waals surface area contributed by atoms with Crippen LogP contribution in [-0.4, -0.2) is 75.7 Å². The van der Waals surface area contributed by atoms with Gasteiger partial charge in [-0.05, 0) is 37.1 Å². The summed E-state index contributed by atoms with van der Waals surface area (Å²) in [5.41, 5.74) is 0.830. The maximum atomic E-state index is 13.1. The predicted molar refractivity (Wildman–Crippen MR) is 143 cm³/mol. The molecule has 0 spiro atoms. The molecule has 220 valence electrons. The predicted octanol–water partition coefficient (Wildman–Crippen LogP) is 2.75. The molecule has 41 heavy (non-hydrogen) atoms. The second-order valence-corrected chi connectivity index (χ2v) is 9.24. The molecular weight excluding hydrogens is 547 g/mol. The number of hydrogen-bond acceptors (Lipinski definition) is 7. The number of carbonyl (C=O) groups is 3. The van der Waals surface area contributed by atoms with Crippen LogP contribution in [0, 0.1) is 0 Å². The molecule has 3 aromatic heterocycles. The first-order valence-corrected chi connectivity index (χ1v) is 12.5. The van der Waals surface area contributed by atoms with Crippen molar-refractivity contribution in [1.82, 2.24) is 29.7 Å². The second kappa shape index (κ2) is 13.6. The van der Waals surface area contributed by atoms with E-state index in [1.54, 1.807) is 26.2 Å². The number of pyridine rings is 1. The number of aromatic amines is 1. The van der Waals surface area contributed by atoms with Crippen LogP contribution in [0.2, 0.25) is 0 Å². The lowest BCUT2D eigenvalue weighted by Crippen LogP contribution is -2.44. The summed E-state index contributed by atoms with van der Waals surface area (Å²) in [6.45, 7) is 0.00610. The number of alkyl halides is 3. The van der Waals surface area contributed by atoms with E-state index in [0.29, 0.717) is 16.7 Å². The molecule has 3 N–H and O–H groups in total. The Morgan fingerprint density at radius 1 is 1.24 bits per heavy atom. The van der Waals surface area contributed by atoms with Crippen molar-refractivity contribution < 1.29 is 32.3 Å². The minimum Gasteiger partial charge on any atom is -0.453 e. The van der Waals surface area contributed by atoms with Crippen LogP contribution in [0.15, 0.2) is 47.7 Å². The average molecular weight is 578 g/mol. The van der Waals surface area contributed by atoms with Crippen LogP contribution in [0.5, 0.6) is 0 Å². The number of H-pyrrole nitrogens is 1. The fraction of sp³-hybridized carbons (Fsp3) is 0.385. The Kier molecular flexibility index (Phi) is 10.2. The third-order valence-corrected chi connectivity index (χ3v) is 5.93. The van der Waals surface area contributed by atoms with Gasteiger partial charge in [0.2, 0.25) is 11.8 Å². The monoisotopic (exact) mass is 577 g/mol. The largest absolute Gasteiger partial charge is 0.453 e. The first-order chi connectivity index (χ1) is 19.4. The molecule has 0 fully saturated rings. The van der Waals surface area contributed by atoms with Crippen LogP contribution in [0.25, 0.3) is 11.0 Å². The number of amides is 3. The summed E-state index contributed by atoms with van der Waals surface area (Å²) < 4.78 is 44.0. The molecule has 0 aliphatic carbocycles. The number of rotatable bonds is 11. The maximum Gasteiger partial charge on any atom is 0.407 e. The Hall–Kier alpha value is -4.69. The van der Waals surface area contributed by atoms with E-state index >= 15 is 0 Å². The summed E-state index contributed by atoms with van der Waals surface area (Å²) in [4.78, 5) is 62.0. The van der Waals surface area contributed by atoms with E-state index in [4.69, 9.17) is 0 Å². The number of likely N-dealkylation sites (N-methyl/N-ethyl adjacent to an activating group) is 1. The third-order valence-electron chi connectivity index (χ3n) is 5.93. The summed E-state index contributed by atoms with van der Waals surface area (Å²) in [6.07, 6.45) is -0.579. The number of ether oxygens (including phenoxy) is 1. The van der Waals surface area contributed by atoms with Crippen LogP contribution < -0.4 is 16.2 Å². The number of methoxy groups -OCH3 is 1.